The van der Waals surface area contributed by atoms with E-state index >= 15 is 0 Å². The van der Waals surface area contributed by atoms with Crippen LogP contribution in [-0.2, 0) is 0 Å². The van der Waals surface area contributed by atoms with Gasteiger partial charge in [0.15, 0.2) is 11.6 Å². The maximum atomic E-state index is 14.6. The molecule has 0 saturated heterocycles. The highest BCUT2D eigenvalue weighted by atomic mass is 19.1. The summed E-state index contributed by atoms with van der Waals surface area (Å²) >= 11 is 0. The standard InChI is InChI=1S/C25H20FN5O3/c1-15-3-5-16(6-4-15)20-13-22(30-14-29-20)25(33)31-17-7-8-23(19(26)11-17)34-18-9-10-28-21(12-18)24(32)27-2/h3-14H,1-2H3,(H,27,32)(H,31,33). The Balaban J connectivity index is 1.48. The number of amides is 2. The number of carbonyl (C=O) groups is 2. The number of aryl methyl sites for hydroxylation is 1. The zero-order valence-corrected chi connectivity index (χ0v) is 18.4. The summed E-state index contributed by atoms with van der Waals surface area (Å²) in [7, 11) is 1.48. The lowest BCUT2D eigenvalue weighted by Gasteiger charge is -2.10. The van der Waals surface area contributed by atoms with E-state index < -0.39 is 11.7 Å². The lowest BCUT2D eigenvalue weighted by atomic mass is 10.1. The highest BCUT2D eigenvalue weighted by molar-refractivity contribution is 6.03. The van der Waals surface area contributed by atoms with Crippen molar-refractivity contribution in [3.8, 4) is 22.8 Å². The SMILES string of the molecule is CNC(=O)c1cc(Oc2ccc(NC(=O)c3cc(-c4ccc(C)cc4)ncn3)cc2F)ccn1. The topological polar surface area (TPSA) is 106 Å². The number of anilines is 1. The van der Waals surface area contributed by atoms with E-state index in [1.54, 1.807) is 6.07 Å². The third kappa shape index (κ3) is 5.21. The Labute approximate surface area is 194 Å². The lowest BCUT2D eigenvalue weighted by molar-refractivity contribution is 0.0957. The van der Waals surface area contributed by atoms with Gasteiger partial charge in [0.25, 0.3) is 11.8 Å². The minimum atomic E-state index is -0.695. The maximum Gasteiger partial charge on any atom is 0.274 e. The van der Waals surface area contributed by atoms with E-state index in [0.717, 1.165) is 17.2 Å². The zero-order valence-electron chi connectivity index (χ0n) is 18.4. The van der Waals surface area contributed by atoms with Crippen LogP contribution in [0, 0.1) is 12.7 Å². The third-order valence-corrected chi connectivity index (χ3v) is 4.86. The van der Waals surface area contributed by atoms with E-state index in [9.17, 15) is 14.0 Å². The molecule has 170 valence electrons. The molecule has 0 bridgehead atoms. The number of benzene rings is 2. The van der Waals surface area contributed by atoms with Crippen molar-refractivity contribution in [2.24, 2.45) is 0 Å². The third-order valence-electron chi connectivity index (χ3n) is 4.86. The number of ether oxygens (including phenoxy) is 1. The van der Waals surface area contributed by atoms with Gasteiger partial charge in [-0.05, 0) is 31.2 Å². The average Bonchev–Trinajstić information content (AvgIpc) is 2.86. The van der Waals surface area contributed by atoms with Crippen LogP contribution >= 0.6 is 0 Å². The molecule has 8 nitrogen and oxygen atoms in total. The molecular weight excluding hydrogens is 437 g/mol. The number of hydrogen-bond acceptors (Lipinski definition) is 6. The highest BCUT2D eigenvalue weighted by Gasteiger charge is 2.13. The highest BCUT2D eigenvalue weighted by Crippen LogP contribution is 2.27. The van der Waals surface area contributed by atoms with Gasteiger partial charge >= 0.3 is 0 Å². The summed E-state index contributed by atoms with van der Waals surface area (Å²) in [6.07, 6.45) is 2.70. The number of nitrogens with zero attached hydrogens (tertiary/aromatic N) is 3. The lowest BCUT2D eigenvalue weighted by Crippen LogP contribution is -2.18. The van der Waals surface area contributed by atoms with Gasteiger partial charge in [-0.2, -0.15) is 0 Å². The van der Waals surface area contributed by atoms with Gasteiger partial charge < -0.3 is 15.4 Å². The number of carbonyl (C=O) groups excluding carboxylic acids is 2. The number of halogens is 1. The van der Waals surface area contributed by atoms with Crippen molar-refractivity contribution in [2.45, 2.75) is 6.92 Å². The van der Waals surface area contributed by atoms with Gasteiger partial charge in [-0.3, -0.25) is 14.6 Å². The Morgan fingerprint density at radius 3 is 2.38 bits per heavy atom. The van der Waals surface area contributed by atoms with Crippen molar-refractivity contribution in [3.63, 3.8) is 0 Å². The molecule has 0 aliphatic rings. The van der Waals surface area contributed by atoms with Gasteiger partial charge in [-0.25, -0.2) is 14.4 Å². The molecular formula is C25H20FN5O3. The summed E-state index contributed by atoms with van der Waals surface area (Å²) in [5, 5.41) is 5.08. The van der Waals surface area contributed by atoms with Crippen molar-refractivity contribution in [3.05, 3.63) is 96.0 Å². The Morgan fingerprint density at radius 1 is 0.882 bits per heavy atom. The molecule has 0 aliphatic heterocycles. The van der Waals surface area contributed by atoms with E-state index in [4.69, 9.17) is 4.74 Å². The van der Waals surface area contributed by atoms with Crippen molar-refractivity contribution in [2.75, 3.05) is 12.4 Å². The molecule has 0 fully saturated rings. The van der Waals surface area contributed by atoms with Gasteiger partial charge in [-0.1, -0.05) is 29.8 Å². The molecule has 0 aliphatic carbocycles. The predicted molar refractivity (Wildman–Crippen MR) is 124 cm³/mol. The minimum absolute atomic E-state index is 0.0734. The second-order valence-electron chi connectivity index (χ2n) is 7.31. The molecule has 0 saturated carbocycles. The Hall–Kier alpha value is -4.66. The summed E-state index contributed by atoms with van der Waals surface area (Å²) in [5.41, 5.74) is 3.07. The van der Waals surface area contributed by atoms with Crippen molar-refractivity contribution >= 4 is 17.5 Å². The summed E-state index contributed by atoms with van der Waals surface area (Å²) in [6.45, 7) is 1.98. The van der Waals surface area contributed by atoms with Gasteiger partial charge in [0, 0.05) is 36.6 Å². The number of hydrogen-bond donors (Lipinski definition) is 2. The molecule has 2 amide bonds. The normalized spacial score (nSPS) is 10.4. The Kier molecular flexibility index (Phi) is 6.54. The molecule has 0 spiro atoms. The first-order chi connectivity index (χ1) is 16.4. The first-order valence-electron chi connectivity index (χ1n) is 10.3. The summed E-state index contributed by atoms with van der Waals surface area (Å²) in [5.74, 6) is -1.42. The quantitative estimate of drug-likeness (QED) is 0.445. The van der Waals surface area contributed by atoms with Crippen LogP contribution in [0.25, 0.3) is 11.3 Å². The maximum absolute atomic E-state index is 14.6. The van der Waals surface area contributed by atoms with Crippen LogP contribution in [0.3, 0.4) is 0 Å². The molecule has 4 aromatic rings. The van der Waals surface area contributed by atoms with E-state index in [0.29, 0.717) is 5.69 Å². The first-order valence-corrected chi connectivity index (χ1v) is 10.3. The molecule has 0 atom stereocenters. The second kappa shape index (κ2) is 9.86. The van der Waals surface area contributed by atoms with E-state index in [2.05, 4.69) is 25.6 Å². The second-order valence-corrected chi connectivity index (χ2v) is 7.31. The molecule has 0 radical (unpaired) electrons. The molecule has 2 heterocycles. The van der Waals surface area contributed by atoms with Gasteiger partial charge in [0.05, 0.1) is 5.69 Å². The molecule has 0 unspecified atom stereocenters. The fraction of sp³-hybridized carbons (Fsp3) is 0.0800. The predicted octanol–water partition coefficient (Wildman–Crippen LogP) is 4.39. The largest absolute Gasteiger partial charge is 0.454 e. The Morgan fingerprint density at radius 2 is 1.65 bits per heavy atom. The molecule has 2 aromatic heterocycles. The van der Waals surface area contributed by atoms with Crippen LogP contribution in [0.1, 0.15) is 26.5 Å². The monoisotopic (exact) mass is 457 g/mol. The average molecular weight is 457 g/mol. The smallest absolute Gasteiger partial charge is 0.274 e. The fourth-order valence-corrected chi connectivity index (χ4v) is 3.07. The molecule has 9 heteroatoms. The number of pyridine rings is 1. The van der Waals surface area contributed by atoms with Crippen molar-refractivity contribution in [1.29, 1.82) is 0 Å². The van der Waals surface area contributed by atoms with Gasteiger partial charge in [0.2, 0.25) is 0 Å². The first kappa shape index (κ1) is 22.5. The summed E-state index contributed by atoms with van der Waals surface area (Å²) in [4.78, 5) is 36.6. The van der Waals surface area contributed by atoms with Crippen molar-refractivity contribution in [1.82, 2.24) is 20.3 Å². The number of aromatic nitrogens is 3. The molecule has 2 N–H and O–H groups in total. The minimum Gasteiger partial charge on any atom is -0.454 e. The van der Waals surface area contributed by atoms with Crippen LogP contribution in [-0.4, -0.2) is 33.8 Å². The zero-order chi connectivity index (χ0) is 24.1. The summed E-state index contributed by atoms with van der Waals surface area (Å²) in [6, 6.07) is 16.2. The van der Waals surface area contributed by atoms with Crippen LogP contribution < -0.4 is 15.4 Å². The van der Waals surface area contributed by atoms with Gasteiger partial charge in [0.1, 0.15) is 23.5 Å². The van der Waals surface area contributed by atoms with Crippen LogP contribution in [0.15, 0.2) is 73.2 Å². The molecule has 34 heavy (non-hydrogen) atoms. The fourth-order valence-electron chi connectivity index (χ4n) is 3.07. The van der Waals surface area contributed by atoms with Gasteiger partial charge in [-0.15, -0.1) is 0 Å². The molecule has 4 rings (SSSR count). The Bertz CT molecular complexity index is 1360. The van der Waals surface area contributed by atoms with E-state index in [-0.39, 0.29) is 34.5 Å². The van der Waals surface area contributed by atoms with E-state index in [1.807, 2.05) is 31.2 Å². The number of nitrogens with one attached hydrogen (secondary N) is 2. The van der Waals surface area contributed by atoms with Crippen LogP contribution in [0.4, 0.5) is 10.1 Å². The van der Waals surface area contributed by atoms with Crippen LogP contribution in [0.2, 0.25) is 0 Å². The summed E-state index contributed by atoms with van der Waals surface area (Å²) < 4.78 is 20.2. The number of rotatable bonds is 6. The molecule has 2 aromatic carbocycles. The van der Waals surface area contributed by atoms with E-state index in [1.165, 1.54) is 43.8 Å². The van der Waals surface area contributed by atoms with Crippen LogP contribution in [0.5, 0.6) is 11.5 Å². The van der Waals surface area contributed by atoms with Crippen molar-refractivity contribution < 1.29 is 18.7 Å².